The lowest BCUT2D eigenvalue weighted by atomic mass is 9.89. The molecule has 0 unspecified atom stereocenters. The van der Waals surface area contributed by atoms with E-state index in [1.54, 1.807) is 12.1 Å². The van der Waals surface area contributed by atoms with Crippen molar-refractivity contribution in [2.24, 2.45) is 0 Å². The molecular weight excluding hydrogens is 345 g/mol. The standard InChI is InChI=1S/C24H15F3/c1-14-19-10-15-6-2-4-8-17(15)12-21(19)23(24(25,26)27)22-13-18-9-5-3-7-16(18)11-20(14)22/h2-13H,1H3. The summed E-state index contributed by atoms with van der Waals surface area (Å²) in [6.45, 7) is 1.91. The summed E-state index contributed by atoms with van der Waals surface area (Å²) in [5.41, 5.74) is 0.333. The SMILES string of the molecule is Cc1c2cc3ccccc3cc2c(C(F)(F)F)c2cc3ccccc3cc12. The summed E-state index contributed by atoms with van der Waals surface area (Å²) in [5, 5.41) is 5.36. The Morgan fingerprint density at radius 2 is 0.889 bits per heavy atom. The maximum Gasteiger partial charge on any atom is 0.417 e. The molecule has 5 aromatic rings. The van der Waals surface area contributed by atoms with E-state index in [0.717, 1.165) is 27.1 Å². The molecule has 27 heavy (non-hydrogen) atoms. The molecule has 0 N–H and O–H groups in total. The van der Waals surface area contributed by atoms with Gasteiger partial charge in [0.15, 0.2) is 0 Å². The van der Waals surface area contributed by atoms with E-state index >= 15 is 0 Å². The fourth-order valence-electron chi connectivity index (χ4n) is 4.11. The molecule has 3 heteroatoms. The first-order chi connectivity index (χ1) is 12.9. The minimum atomic E-state index is -4.44. The number of aryl methyl sites for hydroxylation is 1. The smallest absolute Gasteiger partial charge is 0.166 e. The highest BCUT2D eigenvalue weighted by molar-refractivity contribution is 6.13. The second-order valence-corrected chi connectivity index (χ2v) is 6.99. The van der Waals surface area contributed by atoms with E-state index in [1.807, 2.05) is 67.6 Å². The molecule has 0 aromatic heterocycles. The summed E-state index contributed by atoms with van der Waals surface area (Å²) in [7, 11) is 0. The van der Waals surface area contributed by atoms with Crippen LogP contribution in [-0.2, 0) is 6.18 Å². The van der Waals surface area contributed by atoms with Crippen LogP contribution in [0.2, 0.25) is 0 Å². The van der Waals surface area contributed by atoms with Gasteiger partial charge in [0.1, 0.15) is 0 Å². The molecule has 0 saturated carbocycles. The first kappa shape index (κ1) is 16.1. The zero-order valence-corrected chi connectivity index (χ0v) is 14.6. The normalized spacial score (nSPS) is 12.4. The molecule has 0 amide bonds. The predicted molar refractivity (Wildman–Crippen MR) is 106 cm³/mol. The Bertz CT molecular complexity index is 1260. The Balaban J connectivity index is 2.09. The van der Waals surface area contributed by atoms with Crippen LogP contribution in [0.3, 0.4) is 0 Å². The van der Waals surface area contributed by atoms with Crippen molar-refractivity contribution < 1.29 is 13.2 Å². The highest BCUT2D eigenvalue weighted by atomic mass is 19.4. The Kier molecular flexibility index (Phi) is 3.26. The zero-order chi connectivity index (χ0) is 18.8. The van der Waals surface area contributed by atoms with Gasteiger partial charge in [-0.3, -0.25) is 0 Å². The molecule has 5 aromatic carbocycles. The highest BCUT2D eigenvalue weighted by Gasteiger charge is 2.35. The Hall–Kier alpha value is -3.07. The maximum atomic E-state index is 14.2. The summed E-state index contributed by atoms with van der Waals surface area (Å²) >= 11 is 0. The molecule has 5 rings (SSSR count). The minimum absolute atomic E-state index is 0.265. The van der Waals surface area contributed by atoms with Gasteiger partial charge < -0.3 is 0 Å². The van der Waals surface area contributed by atoms with E-state index in [9.17, 15) is 13.2 Å². The van der Waals surface area contributed by atoms with Gasteiger partial charge in [0.05, 0.1) is 5.56 Å². The Labute approximate surface area is 153 Å². The third kappa shape index (κ3) is 2.38. The third-order valence-corrected chi connectivity index (χ3v) is 5.40. The molecule has 0 aliphatic rings. The largest absolute Gasteiger partial charge is 0.417 e. The minimum Gasteiger partial charge on any atom is -0.166 e. The molecule has 0 aliphatic heterocycles. The summed E-state index contributed by atoms with van der Waals surface area (Å²) in [5.74, 6) is 0. The Morgan fingerprint density at radius 3 is 1.22 bits per heavy atom. The van der Waals surface area contributed by atoms with Crippen molar-refractivity contribution >= 4 is 43.1 Å². The van der Waals surface area contributed by atoms with Crippen LogP contribution in [0.5, 0.6) is 0 Å². The van der Waals surface area contributed by atoms with E-state index in [4.69, 9.17) is 0 Å². The summed E-state index contributed by atoms with van der Waals surface area (Å²) in [6.07, 6.45) is -4.44. The molecule has 0 aliphatic carbocycles. The van der Waals surface area contributed by atoms with Crippen LogP contribution in [0.1, 0.15) is 11.1 Å². The van der Waals surface area contributed by atoms with E-state index in [2.05, 4.69) is 0 Å². The molecule has 0 fully saturated rings. The molecule has 0 heterocycles. The average molecular weight is 360 g/mol. The van der Waals surface area contributed by atoms with Gasteiger partial charge in [0.25, 0.3) is 0 Å². The van der Waals surface area contributed by atoms with Crippen LogP contribution < -0.4 is 0 Å². The first-order valence-corrected chi connectivity index (χ1v) is 8.78. The quantitative estimate of drug-likeness (QED) is 0.249. The van der Waals surface area contributed by atoms with Crippen LogP contribution in [0.25, 0.3) is 43.1 Å². The van der Waals surface area contributed by atoms with Gasteiger partial charge in [-0.15, -0.1) is 0 Å². The van der Waals surface area contributed by atoms with Crippen molar-refractivity contribution in [1.29, 1.82) is 0 Å². The number of hydrogen-bond acceptors (Lipinski definition) is 0. The van der Waals surface area contributed by atoms with Crippen LogP contribution in [0.4, 0.5) is 13.2 Å². The van der Waals surface area contributed by atoms with Crippen molar-refractivity contribution in [1.82, 2.24) is 0 Å². The van der Waals surface area contributed by atoms with Gasteiger partial charge in [0, 0.05) is 0 Å². The predicted octanol–water partition coefficient (Wildman–Crippen LogP) is 7.63. The average Bonchev–Trinajstić information content (AvgIpc) is 2.65. The first-order valence-electron chi connectivity index (χ1n) is 8.78. The molecule has 0 saturated heterocycles. The van der Waals surface area contributed by atoms with Crippen molar-refractivity contribution in [3.8, 4) is 0 Å². The molecule has 0 spiro atoms. The maximum absolute atomic E-state index is 14.2. The molecule has 132 valence electrons. The number of alkyl halides is 3. The van der Waals surface area contributed by atoms with Gasteiger partial charge in [-0.25, -0.2) is 0 Å². The fourth-order valence-corrected chi connectivity index (χ4v) is 4.11. The molecule has 0 nitrogen and oxygen atoms in total. The van der Waals surface area contributed by atoms with Crippen molar-refractivity contribution in [2.45, 2.75) is 13.1 Å². The lowest BCUT2D eigenvalue weighted by Gasteiger charge is -2.18. The van der Waals surface area contributed by atoms with E-state index in [0.29, 0.717) is 10.8 Å². The lowest BCUT2D eigenvalue weighted by molar-refractivity contribution is -0.135. The van der Waals surface area contributed by atoms with Crippen LogP contribution in [0, 0.1) is 6.92 Å². The van der Waals surface area contributed by atoms with Crippen LogP contribution >= 0.6 is 0 Å². The van der Waals surface area contributed by atoms with Crippen molar-refractivity contribution in [2.75, 3.05) is 0 Å². The topological polar surface area (TPSA) is 0 Å². The van der Waals surface area contributed by atoms with Crippen LogP contribution in [0.15, 0.2) is 72.8 Å². The number of benzene rings is 5. The van der Waals surface area contributed by atoms with E-state index < -0.39 is 11.7 Å². The summed E-state index contributed by atoms with van der Waals surface area (Å²) < 4.78 is 42.5. The van der Waals surface area contributed by atoms with Crippen LogP contribution in [-0.4, -0.2) is 0 Å². The second-order valence-electron chi connectivity index (χ2n) is 6.99. The fraction of sp³-hybridized carbons (Fsp3) is 0.0833. The third-order valence-electron chi connectivity index (χ3n) is 5.40. The summed E-state index contributed by atoms with van der Waals surface area (Å²) in [6, 6.07) is 22.2. The molecule has 0 atom stereocenters. The van der Waals surface area contributed by atoms with Gasteiger partial charge in [-0.05, 0) is 79.8 Å². The van der Waals surface area contributed by atoms with Crippen molar-refractivity contribution in [3.05, 3.63) is 83.9 Å². The highest BCUT2D eigenvalue weighted by Crippen LogP contribution is 2.44. The Morgan fingerprint density at radius 1 is 0.556 bits per heavy atom. The van der Waals surface area contributed by atoms with Gasteiger partial charge in [-0.1, -0.05) is 48.5 Å². The van der Waals surface area contributed by atoms with Crippen molar-refractivity contribution in [3.63, 3.8) is 0 Å². The summed E-state index contributed by atoms with van der Waals surface area (Å²) in [4.78, 5) is 0. The number of halogens is 3. The van der Waals surface area contributed by atoms with Gasteiger partial charge in [-0.2, -0.15) is 13.2 Å². The lowest BCUT2D eigenvalue weighted by Crippen LogP contribution is -2.08. The molecular formula is C24H15F3. The molecule has 0 bridgehead atoms. The van der Waals surface area contributed by atoms with E-state index in [-0.39, 0.29) is 10.8 Å². The second kappa shape index (κ2) is 5.46. The number of hydrogen-bond donors (Lipinski definition) is 0. The number of rotatable bonds is 0. The van der Waals surface area contributed by atoms with Gasteiger partial charge >= 0.3 is 6.18 Å². The van der Waals surface area contributed by atoms with E-state index in [1.165, 1.54) is 0 Å². The number of fused-ring (bicyclic) bond motifs is 4. The van der Waals surface area contributed by atoms with Gasteiger partial charge in [0.2, 0.25) is 0 Å². The monoisotopic (exact) mass is 360 g/mol. The molecule has 0 radical (unpaired) electrons. The zero-order valence-electron chi connectivity index (χ0n) is 14.6.